The lowest BCUT2D eigenvalue weighted by Crippen LogP contribution is -2.34. The van der Waals surface area contributed by atoms with Crippen LogP contribution in [0.1, 0.15) is 47.0 Å². The second-order valence-electron chi connectivity index (χ2n) is 4.27. The predicted molar refractivity (Wildman–Crippen MR) is 73.9 cm³/mol. The van der Waals surface area contributed by atoms with Crippen LogP contribution >= 0.6 is 0 Å². The Morgan fingerprint density at radius 3 is 1.79 bits per heavy atom. The molecule has 0 aliphatic heterocycles. The van der Waals surface area contributed by atoms with Gasteiger partial charge in [0, 0.05) is 0 Å². The van der Waals surface area contributed by atoms with Gasteiger partial charge in [0.1, 0.15) is 12.2 Å². The molecule has 116 valence electrons. The van der Waals surface area contributed by atoms with E-state index >= 15 is 0 Å². The minimum atomic E-state index is -3.63. The van der Waals surface area contributed by atoms with Gasteiger partial charge in [0.25, 0.3) is 20.2 Å². The van der Waals surface area contributed by atoms with Crippen LogP contribution in [-0.2, 0) is 28.6 Å². The molecule has 0 saturated carbocycles. The molecule has 0 aromatic carbocycles. The Hall–Kier alpha value is -0.180. The largest absolute Gasteiger partial charge is 0.267 e. The smallest absolute Gasteiger partial charge is 0.264 e. The van der Waals surface area contributed by atoms with E-state index in [9.17, 15) is 16.8 Å². The van der Waals surface area contributed by atoms with Crippen molar-refractivity contribution in [2.45, 2.75) is 59.2 Å². The number of hydrogen-bond donors (Lipinski definition) is 0. The van der Waals surface area contributed by atoms with Crippen molar-refractivity contribution < 1.29 is 25.2 Å². The summed E-state index contributed by atoms with van der Waals surface area (Å²) in [5, 5.41) is 0. The lowest BCUT2D eigenvalue weighted by atomic mass is 10.1. The van der Waals surface area contributed by atoms with Crippen LogP contribution in [0.15, 0.2) is 0 Å². The molecule has 2 unspecified atom stereocenters. The molecule has 0 N–H and O–H groups in total. The molecule has 6 nitrogen and oxygen atoms in total. The van der Waals surface area contributed by atoms with E-state index in [0.717, 1.165) is 12.8 Å². The normalized spacial score (nSPS) is 16.2. The maximum absolute atomic E-state index is 11.5. The van der Waals surface area contributed by atoms with Crippen LogP contribution in [0.2, 0.25) is 0 Å². The summed E-state index contributed by atoms with van der Waals surface area (Å²) in [7, 11) is -7.26. The monoisotopic (exact) mass is 316 g/mol. The van der Waals surface area contributed by atoms with Gasteiger partial charge in [0.2, 0.25) is 0 Å². The zero-order valence-electron chi connectivity index (χ0n) is 12.0. The van der Waals surface area contributed by atoms with Crippen molar-refractivity contribution in [3.05, 3.63) is 0 Å². The summed E-state index contributed by atoms with van der Waals surface area (Å²) in [6.07, 6.45) is 0.447. The molecular weight excluding hydrogens is 292 g/mol. The van der Waals surface area contributed by atoms with E-state index in [1.165, 1.54) is 20.8 Å². The van der Waals surface area contributed by atoms with Crippen LogP contribution in [0.4, 0.5) is 0 Å². The molecule has 0 aromatic rings. The molecule has 0 fully saturated rings. The van der Waals surface area contributed by atoms with Crippen LogP contribution in [-0.4, -0.2) is 40.5 Å². The highest BCUT2D eigenvalue weighted by Gasteiger charge is 2.27. The van der Waals surface area contributed by atoms with Crippen LogP contribution in [0.3, 0.4) is 0 Å². The molecule has 0 aliphatic carbocycles. The first kappa shape index (κ1) is 18.8. The van der Waals surface area contributed by atoms with E-state index in [4.69, 9.17) is 8.37 Å². The summed E-state index contributed by atoms with van der Waals surface area (Å²) in [4.78, 5) is 0. The summed E-state index contributed by atoms with van der Waals surface area (Å²) in [6, 6.07) is 0. The highest BCUT2D eigenvalue weighted by Crippen LogP contribution is 2.17. The van der Waals surface area contributed by atoms with E-state index in [-0.39, 0.29) is 11.5 Å². The molecule has 0 aliphatic rings. The Labute approximate surface area is 116 Å². The topological polar surface area (TPSA) is 86.7 Å². The third-order valence-electron chi connectivity index (χ3n) is 2.64. The Kier molecular flexibility index (Phi) is 8.11. The molecule has 8 heteroatoms. The van der Waals surface area contributed by atoms with Gasteiger partial charge in [-0.1, -0.05) is 19.8 Å². The van der Waals surface area contributed by atoms with Crippen molar-refractivity contribution in [3.63, 3.8) is 0 Å². The number of hydrogen-bond acceptors (Lipinski definition) is 6. The van der Waals surface area contributed by atoms with Crippen molar-refractivity contribution in [3.8, 4) is 0 Å². The van der Waals surface area contributed by atoms with Crippen LogP contribution in [0, 0.1) is 0 Å². The molecule has 0 saturated heterocycles. The quantitative estimate of drug-likeness (QED) is 0.570. The first-order valence-electron chi connectivity index (χ1n) is 6.49. The van der Waals surface area contributed by atoms with Crippen LogP contribution < -0.4 is 0 Å². The Balaban J connectivity index is 4.84. The SMILES string of the molecule is CCCCC(OS(=O)(=O)CC)C(C)OS(=O)(=O)CC. The molecule has 0 radical (unpaired) electrons. The summed E-state index contributed by atoms with van der Waals surface area (Å²) in [5.41, 5.74) is 0. The molecule has 0 rings (SSSR count). The minimum Gasteiger partial charge on any atom is -0.264 e. The van der Waals surface area contributed by atoms with Gasteiger partial charge in [0.15, 0.2) is 0 Å². The Bertz CT molecular complexity index is 440. The number of unbranched alkanes of at least 4 members (excludes halogenated alkanes) is 1. The summed E-state index contributed by atoms with van der Waals surface area (Å²) in [6.45, 7) is 6.41. The molecule has 2 atom stereocenters. The van der Waals surface area contributed by atoms with E-state index in [1.807, 2.05) is 6.92 Å². The third kappa shape index (κ3) is 7.86. The number of rotatable bonds is 10. The standard InChI is InChI=1S/C11H24O6S2/c1-5-8-9-11(17-19(14,15)7-3)10(4)16-18(12,13)6-2/h10-11H,5-9H2,1-4H3. The summed E-state index contributed by atoms with van der Waals surface area (Å²) in [5.74, 6) is -0.304. The van der Waals surface area contributed by atoms with Crippen molar-refractivity contribution in [1.29, 1.82) is 0 Å². The molecule has 0 aromatic heterocycles. The van der Waals surface area contributed by atoms with E-state index in [0.29, 0.717) is 6.42 Å². The maximum atomic E-state index is 11.5. The highest BCUT2D eigenvalue weighted by atomic mass is 32.2. The van der Waals surface area contributed by atoms with Gasteiger partial charge in [0.05, 0.1) is 11.5 Å². The molecule has 0 bridgehead atoms. The molecule has 0 amide bonds. The lowest BCUT2D eigenvalue weighted by Gasteiger charge is -2.23. The van der Waals surface area contributed by atoms with E-state index in [2.05, 4.69) is 0 Å². The van der Waals surface area contributed by atoms with Gasteiger partial charge in [-0.15, -0.1) is 0 Å². The lowest BCUT2D eigenvalue weighted by molar-refractivity contribution is 0.0674. The predicted octanol–water partition coefficient (Wildman–Crippen LogP) is 1.67. The molecule has 0 spiro atoms. The second kappa shape index (κ2) is 8.18. The van der Waals surface area contributed by atoms with Gasteiger partial charge < -0.3 is 0 Å². The fourth-order valence-corrected chi connectivity index (χ4v) is 2.87. The highest BCUT2D eigenvalue weighted by molar-refractivity contribution is 7.87. The molecular formula is C11H24O6S2. The zero-order chi connectivity index (χ0) is 15.1. The fourth-order valence-electron chi connectivity index (χ4n) is 1.38. The van der Waals surface area contributed by atoms with Crippen molar-refractivity contribution in [2.75, 3.05) is 11.5 Å². The van der Waals surface area contributed by atoms with Crippen LogP contribution in [0.5, 0.6) is 0 Å². The minimum absolute atomic E-state index is 0.150. The van der Waals surface area contributed by atoms with E-state index < -0.39 is 32.4 Å². The zero-order valence-corrected chi connectivity index (χ0v) is 13.6. The summed E-state index contributed by atoms with van der Waals surface area (Å²) >= 11 is 0. The Morgan fingerprint density at radius 1 is 0.895 bits per heavy atom. The van der Waals surface area contributed by atoms with Gasteiger partial charge in [-0.25, -0.2) is 0 Å². The summed E-state index contributed by atoms with van der Waals surface area (Å²) < 4.78 is 55.7. The molecule has 19 heavy (non-hydrogen) atoms. The maximum Gasteiger partial charge on any atom is 0.267 e. The Morgan fingerprint density at radius 2 is 1.37 bits per heavy atom. The first-order chi connectivity index (χ1) is 8.67. The second-order valence-corrected chi connectivity index (χ2v) is 8.04. The fraction of sp³-hybridized carbons (Fsp3) is 1.00. The van der Waals surface area contributed by atoms with Gasteiger partial charge >= 0.3 is 0 Å². The van der Waals surface area contributed by atoms with Crippen LogP contribution in [0.25, 0.3) is 0 Å². The van der Waals surface area contributed by atoms with Gasteiger partial charge in [-0.3, -0.25) is 8.37 Å². The van der Waals surface area contributed by atoms with Gasteiger partial charge in [-0.2, -0.15) is 16.8 Å². The van der Waals surface area contributed by atoms with Crippen molar-refractivity contribution in [1.82, 2.24) is 0 Å². The first-order valence-corrected chi connectivity index (χ1v) is 9.64. The third-order valence-corrected chi connectivity index (χ3v) is 5.19. The average Bonchev–Trinajstić information content (AvgIpc) is 2.33. The van der Waals surface area contributed by atoms with Crippen molar-refractivity contribution in [2.24, 2.45) is 0 Å². The van der Waals surface area contributed by atoms with E-state index in [1.54, 1.807) is 0 Å². The van der Waals surface area contributed by atoms with Gasteiger partial charge in [-0.05, 0) is 27.2 Å². The average molecular weight is 316 g/mol. The van der Waals surface area contributed by atoms with Crippen molar-refractivity contribution >= 4 is 20.2 Å². The molecule has 0 heterocycles.